The molecule has 0 bridgehead atoms. The maximum absolute atomic E-state index is 10.4. The fourth-order valence-corrected chi connectivity index (χ4v) is 3.37. The predicted octanol–water partition coefficient (Wildman–Crippen LogP) is 4.14. The summed E-state index contributed by atoms with van der Waals surface area (Å²) in [5, 5.41) is 12.7. The molecule has 3 aromatic rings. The Bertz CT molecular complexity index is 695. The fourth-order valence-electron chi connectivity index (χ4n) is 1.95. The Morgan fingerprint density at radius 3 is 2.61 bits per heavy atom. The molecule has 4 heteroatoms. The molecule has 0 amide bonds. The van der Waals surface area contributed by atoms with Crippen LogP contribution in [0.1, 0.15) is 16.5 Å². The number of hydrogen-bond donors (Lipinski definition) is 1. The van der Waals surface area contributed by atoms with Gasteiger partial charge in [0.05, 0.1) is 10.4 Å². The van der Waals surface area contributed by atoms with Gasteiger partial charge in [0.15, 0.2) is 0 Å². The molecule has 0 saturated heterocycles. The maximum Gasteiger partial charge on any atom is 0.123 e. The Labute approximate surface area is 117 Å². The quantitative estimate of drug-likeness (QED) is 0.770. The van der Waals surface area contributed by atoms with Crippen molar-refractivity contribution in [3.63, 3.8) is 0 Å². The van der Waals surface area contributed by atoms with Crippen molar-refractivity contribution in [2.24, 2.45) is 0 Å². The van der Waals surface area contributed by atoms with E-state index in [9.17, 15) is 5.11 Å². The van der Waals surface area contributed by atoms with E-state index < -0.39 is 6.10 Å². The van der Waals surface area contributed by atoms with E-state index >= 15 is 0 Å². The van der Waals surface area contributed by atoms with E-state index in [1.807, 2.05) is 36.4 Å². The molecule has 0 radical (unpaired) electrons. The first kappa shape index (κ1) is 11.8. The lowest BCUT2D eigenvalue weighted by atomic mass is 10.0. The Hall–Kier alpha value is -1.23. The third kappa shape index (κ3) is 2.07. The summed E-state index contributed by atoms with van der Waals surface area (Å²) < 4.78 is 0.716. The zero-order valence-electron chi connectivity index (χ0n) is 9.38. The maximum atomic E-state index is 10.4. The molecule has 1 atom stereocenters. The zero-order chi connectivity index (χ0) is 12.5. The van der Waals surface area contributed by atoms with Gasteiger partial charge in [0.1, 0.15) is 10.7 Å². The predicted molar refractivity (Wildman–Crippen MR) is 77.8 cm³/mol. The minimum absolute atomic E-state index is 0.628. The van der Waals surface area contributed by atoms with Crippen LogP contribution in [0.15, 0.2) is 52.6 Å². The molecule has 1 unspecified atom stereocenters. The molecule has 18 heavy (non-hydrogen) atoms. The summed E-state index contributed by atoms with van der Waals surface area (Å²) in [7, 11) is 0. The monoisotopic (exact) mass is 319 g/mol. The molecular weight excluding hydrogens is 310 g/mol. The SMILES string of the molecule is OC(c1ccc2ccccc2c1)c1scnc1Br. The lowest BCUT2D eigenvalue weighted by Crippen LogP contribution is -1.97. The van der Waals surface area contributed by atoms with Crippen LogP contribution in [0.5, 0.6) is 0 Å². The average Bonchev–Trinajstić information content (AvgIpc) is 2.83. The summed E-state index contributed by atoms with van der Waals surface area (Å²) in [6.07, 6.45) is -0.628. The van der Waals surface area contributed by atoms with Crippen molar-refractivity contribution in [2.75, 3.05) is 0 Å². The van der Waals surface area contributed by atoms with Crippen molar-refractivity contribution in [1.29, 1.82) is 0 Å². The molecule has 0 saturated carbocycles. The third-order valence-corrected chi connectivity index (χ3v) is 4.66. The molecule has 2 aromatic carbocycles. The molecule has 0 aliphatic rings. The minimum atomic E-state index is -0.628. The van der Waals surface area contributed by atoms with Crippen LogP contribution in [0.4, 0.5) is 0 Å². The zero-order valence-corrected chi connectivity index (χ0v) is 11.8. The van der Waals surface area contributed by atoms with Gasteiger partial charge in [-0.1, -0.05) is 36.4 Å². The number of benzene rings is 2. The standard InChI is InChI=1S/C14H10BrNOS/c15-14-13(18-8-16-14)12(17)11-6-5-9-3-1-2-4-10(9)7-11/h1-8,12,17H. The van der Waals surface area contributed by atoms with E-state index in [-0.39, 0.29) is 0 Å². The number of hydrogen-bond acceptors (Lipinski definition) is 3. The first-order valence-corrected chi connectivity index (χ1v) is 7.18. The highest BCUT2D eigenvalue weighted by molar-refractivity contribution is 9.10. The molecule has 90 valence electrons. The number of aliphatic hydroxyl groups is 1. The van der Waals surface area contributed by atoms with Gasteiger partial charge >= 0.3 is 0 Å². The Morgan fingerprint density at radius 2 is 1.89 bits per heavy atom. The van der Waals surface area contributed by atoms with Crippen molar-refractivity contribution in [1.82, 2.24) is 4.98 Å². The molecule has 0 aliphatic carbocycles. The van der Waals surface area contributed by atoms with Gasteiger partial charge in [0, 0.05) is 0 Å². The van der Waals surface area contributed by atoms with Crippen molar-refractivity contribution < 1.29 is 5.11 Å². The number of aliphatic hydroxyl groups excluding tert-OH is 1. The first-order valence-electron chi connectivity index (χ1n) is 5.51. The van der Waals surface area contributed by atoms with Gasteiger partial charge in [-0.25, -0.2) is 4.98 Å². The summed E-state index contributed by atoms with van der Waals surface area (Å²) in [4.78, 5) is 4.94. The number of aromatic nitrogens is 1. The van der Waals surface area contributed by atoms with Crippen LogP contribution in [0, 0.1) is 0 Å². The molecule has 2 nitrogen and oxygen atoms in total. The first-order chi connectivity index (χ1) is 8.75. The van der Waals surface area contributed by atoms with Gasteiger partial charge < -0.3 is 5.11 Å². The lowest BCUT2D eigenvalue weighted by Gasteiger charge is -2.10. The second-order valence-electron chi connectivity index (χ2n) is 4.02. The second-order valence-corrected chi connectivity index (χ2v) is 5.65. The van der Waals surface area contributed by atoms with Crippen molar-refractivity contribution in [3.8, 4) is 0 Å². The number of thiazole rings is 1. The highest BCUT2D eigenvalue weighted by Gasteiger charge is 2.16. The Morgan fingerprint density at radius 1 is 1.11 bits per heavy atom. The highest BCUT2D eigenvalue weighted by atomic mass is 79.9. The van der Waals surface area contributed by atoms with E-state index in [1.54, 1.807) is 5.51 Å². The van der Waals surface area contributed by atoms with Crippen molar-refractivity contribution in [2.45, 2.75) is 6.10 Å². The topological polar surface area (TPSA) is 33.1 Å². The van der Waals surface area contributed by atoms with Crippen LogP contribution < -0.4 is 0 Å². The molecular formula is C14H10BrNOS. The molecule has 3 rings (SSSR count). The summed E-state index contributed by atoms with van der Waals surface area (Å²) in [5.74, 6) is 0. The molecule has 1 N–H and O–H groups in total. The van der Waals surface area contributed by atoms with E-state index in [4.69, 9.17) is 0 Å². The number of fused-ring (bicyclic) bond motifs is 1. The highest BCUT2D eigenvalue weighted by Crippen LogP contribution is 2.32. The fraction of sp³-hybridized carbons (Fsp3) is 0.0714. The average molecular weight is 320 g/mol. The lowest BCUT2D eigenvalue weighted by molar-refractivity contribution is 0.223. The molecule has 1 heterocycles. The number of nitrogens with zero attached hydrogens (tertiary/aromatic N) is 1. The second kappa shape index (κ2) is 4.80. The summed E-state index contributed by atoms with van der Waals surface area (Å²) in [6.45, 7) is 0. The van der Waals surface area contributed by atoms with Crippen LogP contribution in [0.2, 0.25) is 0 Å². The van der Waals surface area contributed by atoms with E-state index in [0.717, 1.165) is 15.8 Å². The summed E-state index contributed by atoms with van der Waals surface area (Å²) >= 11 is 4.80. The van der Waals surface area contributed by atoms with Crippen LogP contribution >= 0.6 is 27.3 Å². The van der Waals surface area contributed by atoms with Gasteiger partial charge in [-0.2, -0.15) is 0 Å². The Kier molecular flexibility index (Phi) is 3.16. The van der Waals surface area contributed by atoms with Crippen LogP contribution in [0.3, 0.4) is 0 Å². The van der Waals surface area contributed by atoms with Crippen LogP contribution in [0.25, 0.3) is 10.8 Å². The third-order valence-electron chi connectivity index (χ3n) is 2.89. The largest absolute Gasteiger partial charge is 0.383 e. The van der Waals surface area contributed by atoms with Crippen LogP contribution in [-0.2, 0) is 0 Å². The smallest absolute Gasteiger partial charge is 0.123 e. The molecule has 0 aliphatic heterocycles. The number of halogens is 1. The minimum Gasteiger partial charge on any atom is -0.383 e. The number of rotatable bonds is 2. The molecule has 0 fully saturated rings. The van der Waals surface area contributed by atoms with Gasteiger partial charge in [0.25, 0.3) is 0 Å². The van der Waals surface area contributed by atoms with Crippen LogP contribution in [-0.4, -0.2) is 10.1 Å². The normalized spacial score (nSPS) is 12.8. The van der Waals surface area contributed by atoms with Gasteiger partial charge in [0.2, 0.25) is 0 Å². The summed E-state index contributed by atoms with van der Waals surface area (Å²) in [6, 6.07) is 14.1. The van der Waals surface area contributed by atoms with Gasteiger partial charge in [-0.3, -0.25) is 0 Å². The van der Waals surface area contributed by atoms with E-state index in [1.165, 1.54) is 16.7 Å². The van der Waals surface area contributed by atoms with E-state index in [2.05, 4.69) is 27.0 Å². The van der Waals surface area contributed by atoms with Gasteiger partial charge in [-0.15, -0.1) is 11.3 Å². The van der Waals surface area contributed by atoms with Gasteiger partial charge in [-0.05, 0) is 38.3 Å². The van der Waals surface area contributed by atoms with E-state index in [0.29, 0.717) is 4.60 Å². The molecule has 0 spiro atoms. The van der Waals surface area contributed by atoms with Crippen molar-refractivity contribution in [3.05, 3.63) is 63.0 Å². The van der Waals surface area contributed by atoms with Crippen molar-refractivity contribution >= 4 is 38.0 Å². The molecule has 1 aromatic heterocycles. The Balaban J connectivity index is 2.07. The summed E-state index contributed by atoms with van der Waals surface area (Å²) in [5.41, 5.74) is 2.61.